The molecule has 0 bridgehead atoms. The summed E-state index contributed by atoms with van der Waals surface area (Å²) in [6.07, 6.45) is 3.31. The SMILES string of the molecule is Cc1noc(-c2ccc(COCc3ccoc3)cc2)c1N. The quantitative estimate of drug-likeness (QED) is 0.775. The Morgan fingerprint density at radius 2 is 1.86 bits per heavy atom. The number of aryl methyl sites for hydroxylation is 1. The van der Waals surface area contributed by atoms with Gasteiger partial charge in [-0.15, -0.1) is 0 Å². The molecule has 3 aromatic rings. The Kier molecular flexibility index (Phi) is 3.75. The van der Waals surface area contributed by atoms with Crippen LogP contribution in [-0.2, 0) is 18.0 Å². The molecular formula is C16H16N2O3. The molecule has 5 nitrogen and oxygen atoms in total. The van der Waals surface area contributed by atoms with Crippen LogP contribution in [0.5, 0.6) is 0 Å². The number of aromatic nitrogens is 1. The first-order valence-electron chi connectivity index (χ1n) is 6.64. The van der Waals surface area contributed by atoms with E-state index < -0.39 is 0 Å². The second-order valence-electron chi connectivity index (χ2n) is 4.83. The van der Waals surface area contributed by atoms with Crippen molar-refractivity contribution >= 4 is 5.69 Å². The van der Waals surface area contributed by atoms with E-state index in [0.717, 1.165) is 16.7 Å². The van der Waals surface area contributed by atoms with Crippen molar-refractivity contribution in [3.05, 3.63) is 59.7 Å². The monoisotopic (exact) mass is 284 g/mol. The van der Waals surface area contributed by atoms with Crippen molar-refractivity contribution < 1.29 is 13.7 Å². The summed E-state index contributed by atoms with van der Waals surface area (Å²) in [6.45, 7) is 2.89. The van der Waals surface area contributed by atoms with Gasteiger partial charge in [-0.2, -0.15) is 0 Å². The number of hydrogen-bond acceptors (Lipinski definition) is 5. The van der Waals surface area contributed by atoms with E-state index >= 15 is 0 Å². The van der Waals surface area contributed by atoms with Crippen LogP contribution in [0.2, 0.25) is 0 Å². The summed E-state index contributed by atoms with van der Waals surface area (Å²) in [5.74, 6) is 0.610. The Labute approximate surface area is 122 Å². The molecule has 1 aromatic carbocycles. The number of hydrogen-bond donors (Lipinski definition) is 1. The number of nitrogens with two attached hydrogens (primary N) is 1. The molecule has 0 saturated heterocycles. The van der Waals surface area contributed by atoms with E-state index in [1.54, 1.807) is 12.5 Å². The fourth-order valence-electron chi connectivity index (χ4n) is 2.00. The molecule has 0 radical (unpaired) electrons. The highest BCUT2D eigenvalue weighted by molar-refractivity contribution is 5.72. The molecule has 21 heavy (non-hydrogen) atoms. The van der Waals surface area contributed by atoms with Crippen LogP contribution in [0.1, 0.15) is 16.8 Å². The zero-order valence-electron chi connectivity index (χ0n) is 11.7. The number of rotatable bonds is 5. The van der Waals surface area contributed by atoms with Crippen molar-refractivity contribution in [1.29, 1.82) is 0 Å². The van der Waals surface area contributed by atoms with Crippen molar-refractivity contribution in [3.63, 3.8) is 0 Å². The van der Waals surface area contributed by atoms with Crippen LogP contribution in [0, 0.1) is 6.92 Å². The summed E-state index contributed by atoms with van der Waals surface area (Å²) >= 11 is 0. The first kappa shape index (κ1) is 13.5. The molecule has 0 saturated carbocycles. The van der Waals surface area contributed by atoms with Gasteiger partial charge in [0.15, 0.2) is 5.76 Å². The topological polar surface area (TPSA) is 74.4 Å². The Morgan fingerprint density at radius 3 is 2.48 bits per heavy atom. The molecule has 0 amide bonds. The standard InChI is InChI=1S/C16H16N2O3/c1-11-15(17)16(21-18-11)14-4-2-12(3-5-14)8-20-10-13-6-7-19-9-13/h2-7,9H,8,10,17H2,1H3. The second-order valence-corrected chi connectivity index (χ2v) is 4.83. The summed E-state index contributed by atoms with van der Waals surface area (Å²) in [5.41, 5.74) is 10.2. The van der Waals surface area contributed by atoms with E-state index in [4.69, 9.17) is 19.4 Å². The Morgan fingerprint density at radius 1 is 1.10 bits per heavy atom. The number of furan rings is 1. The van der Waals surface area contributed by atoms with Crippen molar-refractivity contribution in [2.45, 2.75) is 20.1 Å². The minimum atomic E-state index is 0.534. The van der Waals surface area contributed by atoms with E-state index in [1.807, 2.05) is 37.3 Å². The third kappa shape index (κ3) is 2.98. The molecule has 2 heterocycles. The second kappa shape index (κ2) is 5.85. The molecule has 0 aliphatic heterocycles. The van der Waals surface area contributed by atoms with E-state index in [9.17, 15) is 0 Å². The van der Waals surface area contributed by atoms with Crippen molar-refractivity contribution in [3.8, 4) is 11.3 Å². The summed E-state index contributed by atoms with van der Waals surface area (Å²) < 4.78 is 15.8. The highest BCUT2D eigenvalue weighted by Gasteiger charge is 2.11. The minimum absolute atomic E-state index is 0.534. The lowest BCUT2D eigenvalue weighted by Crippen LogP contribution is -1.93. The zero-order valence-corrected chi connectivity index (χ0v) is 11.7. The molecule has 0 aliphatic rings. The van der Waals surface area contributed by atoms with E-state index in [0.29, 0.717) is 30.4 Å². The molecule has 0 atom stereocenters. The van der Waals surface area contributed by atoms with Gasteiger partial charge in [0.25, 0.3) is 0 Å². The average molecular weight is 284 g/mol. The van der Waals surface area contributed by atoms with E-state index in [1.165, 1.54) is 0 Å². The Hall–Kier alpha value is -2.53. The van der Waals surface area contributed by atoms with Crippen LogP contribution in [-0.4, -0.2) is 5.16 Å². The molecule has 0 fully saturated rings. The number of nitrogens with zero attached hydrogens (tertiary/aromatic N) is 1. The highest BCUT2D eigenvalue weighted by Crippen LogP contribution is 2.28. The smallest absolute Gasteiger partial charge is 0.189 e. The van der Waals surface area contributed by atoms with Crippen LogP contribution in [0.4, 0.5) is 5.69 Å². The number of nitrogen functional groups attached to an aromatic ring is 1. The molecule has 5 heteroatoms. The summed E-state index contributed by atoms with van der Waals surface area (Å²) in [7, 11) is 0. The summed E-state index contributed by atoms with van der Waals surface area (Å²) in [6, 6.07) is 9.77. The van der Waals surface area contributed by atoms with Gasteiger partial charge in [-0.05, 0) is 18.6 Å². The third-order valence-electron chi connectivity index (χ3n) is 3.24. The van der Waals surface area contributed by atoms with Crippen molar-refractivity contribution in [2.24, 2.45) is 0 Å². The first-order valence-corrected chi connectivity index (χ1v) is 6.64. The van der Waals surface area contributed by atoms with Gasteiger partial charge >= 0.3 is 0 Å². The molecular weight excluding hydrogens is 268 g/mol. The zero-order chi connectivity index (χ0) is 14.7. The lowest BCUT2D eigenvalue weighted by Gasteiger charge is -2.04. The molecule has 0 unspecified atom stereocenters. The van der Waals surface area contributed by atoms with Crippen LogP contribution < -0.4 is 5.73 Å². The molecule has 0 aliphatic carbocycles. The fourth-order valence-corrected chi connectivity index (χ4v) is 2.00. The van der Waals surface area contributed by atoms with E-state index in [2.05, 4.69) is 5.16 Å². The number of benzene rings is 1. The molecule has 108 valence electrons. The molecule has 3 rings (SSSR count). The maximum Gasteiger partial charge on any atom is 0.189 e. The fraction of sp³-hybridized carbons (Fsp3) is 0.188. The van der Waals surface area contributed by atoms with Crippen LogP contribution in [0.3, 0.4) is 0 Å². The van der Waals surface area contributed by atoms with Gasteiger partial charge in [-0.1, -0.05) is 29.4 Å². The van der Waals surface area contributed by atoms with Gasteiger partial charge in [0.05, 0.1) is 25.7 Å². The minimum Gasteiger partial charge on any atom is -0.472 e. The summed E-state index contributed by atoms with van der Waals surface area (Å²) in [4.78, 5) is 0. The van der Waals surface area contributed by atoms with Crippen LogP contribution >= 0.6 is 0 Å². The third-order valence-corrected chi connectivity index (χ3v) is 3.24. The van der Waals surface area contributed by atoms with Gasteiger partial charge in [0, 0.05) is 11.1 Å². The molecule has 2 N–H and O–H groups in total. The lowest BCUT2D eigenvalue weighted by molar-refractivity contribution is 0.107. The molecule has 0 spiro atoms. The number of anilines is 1. The van der Waals surface area contributed by atoms with Crippen molar-refractivity contribution in [2.75, 3.05) is 5.73 Å². The molecule has 2 aromatic heterocycles. The lowest BCUT2D eigenvalue weighted by atomic mass is 10.1. The van der Waals surface area contributed by atoms with Crippen molar-refractivity contribution in [1.82, 2.24) is 5.16 Å². The van der Waals surface area contributed by atoms with Crippen LogP contribution in [0.25, 0.3) is 11.3 Å². The van der Waals surface area contributed by atoms with Gasteiger partial charge in [0.1, 0.15) is 11.4 Å². The highest BCUT2D eigenvalue weighted by atomic mass is 16.5. The Balaban J connectivity index is 1.63. The Bertz CT molecular complexity index is 700. The van der Waals surface area contributed by atoms with Gasteiger partial charge < -0.3 is 19.4 Å². The van der Waals surface area contributed by atoms with Gasteiger partial charge in [-0.3, -0.25) is 0 Å². The average Bonchev–Trinajstić information content (AvgIpc) is 3.12. The van der Waals surface area contributed by atoms with E-state index in [-0.39, 0.29) is 0 Å². The maximum absolute atomic E-state index is 5.92. The first-order chi connectivity index (χ1) is 10.2. The number of ether oxygens (including phenoxy) is 1. The maximum atomic E-state index is 5.92. The predicted molar refractivity (Wildman–Crippen MR) is 78.3 cm³/mol. The predicted octanol–water partition coefficient (Wildman–Crippen LogP) is 3.54. The largest absolute Gasteiger partial charge is 0.472 e. The van der Waals surface area contributed by atoms with Gasteiger partial charge in [-0.25, -0.2) is 0 Å². The van der Waals surface area contributed by atoms with Gasteiger partial charge in [0.2, 0.25) is 0 Å². The normalized spacial score (nSPS) is 10.9. The summed E-state index contributed by atoms with van der Waals surface area (Å²) in [5, 5.41) is 3.86. The van der Waals surface area contributed by atoms with Crippen LogP contribution in [0.15, 0.2) is 51.8 Å².